The number of nitrogens with zero attached hydrogens (tertiary/aromatic N) is 3. The fourth-order valence-corrected chi connectivity index (χ4v) is 3.40. The number of ether oxygens (including phenoxy) is 2. The van der Waals surface area contributed by atoms with Crippen molar-refractivity contribution >= 4 is 23.4 Å². The maximum Gasteiger partial charge on any atom is 0.221 e. The van der Waals surface area contributed by atoms with Crippen LogP contribution in [0, 0.1) is 0 Å². The fourth-order valence-electron chi connectivity index (χ4n) is 2.62. The summed E-state index contributed by atoms with van der Waals surface area (Å²) in [6.45, 7) is 3.64. The van der Waals surface area contributed by atoms with E-state index in [-0.39, 0.29) is 12.0 Å². The second kappa shape index (κ2) is 8.98. The van der Waals surface area contributed by atoms with Crippen molar-refractivity contribution in [2.24, 2.45) is 0 Å². The minimum absolute atomic E-state index is 0.0982. The first kappa shape index (κ1) is 17.9. The fraction of sp³-hybridized carbons (Fsp3) is 0.471. The van der Waals surface area contributed by atoms with Gasteiger partial charge in [0.25, 0.3) is 0 Å². The molecule has 25 heavy (non-hydrogen) atoms. The molecule has 2 heterocycles. The number of carbonyl (C=O) groups is 1. The highest BCUT2D eigenvalue weighted by Gasteiger charge is 2.15. The van der Waals surface area contributed by atoms with Gasteiger partial charge in [-0.2, -0.15) is 0 Å². The Morgan fingerprint density at radius 1 is 1.52 bits per heavy atom. The number of amides is 1. The standard InChI is InChI=1S/C17H22N4O3S/c1-13(22)19-14-4-2-5-15(10-14)21-12-18-20-17(21)25-9-8-23-11-16-6-3-7-24-16/h2,4-5,10,12,16H,3,6-9,11H2,1H3,(H,19,22). The zero-order chi connectivity index (χ0) is 17.5. The Kier molecular flexibility index (Phi) is 6.43. The summed E-state index contributed by atoms with van der Waals surface area (Å²) < 4.78 is 13.1. The van der Waals surface area contributed by atoms with Gasteiger partial charge < -0.3 is 14.8 Å². The highest BCUT2D eigenvalue weighted by molar-refractivity contribution is 7.99. The summed E-state index contributed by atoms with van der Waals surface area (Å²) in [5, 5.41) is 11.7. The number of nitrogens with one attached hydrogen (secondary N) is 1. The van der Waals surface area contributed by atoms with Gasteiger partial charge in [-0.15, -0.1) is 10.2 Å². The predicted molar refractivity (Wildman–Crippen MR) is 96.2 cm³/mol. The number of anilines is 1. The van der Waals surface area contributed by atoms with Gasteiger partial charge in [-0.05, 0) is 31.0 Å². The van der Waals surface area contributed by atoms with E-state index in [1.54, 1.807) is 18.1 Å². The lowest BCUT2D eigenvalue weighted by atomic mass is 10.2. The van der Waals surface area contributed by atoms with Crippen molar-refractivity contribution < 1.29 is 14.3 Å². The van der Waals surface area contributed by atoms with E-state index in [2.05, 4.69) is 15.5 Å². The second-order valence-electron chi connectivity index (χ2n) is 5.77. The zero-order valence-corrected chi connectivity index (χ0v) is 15.0. The van der Waals surface area contributed by atoms with Crippen LogP contribution in [0.25, 0.3) is 5.69 Å². The number of carbonyl (C=O) groups excluding carboxylic acids is 1. The lowest BCUT2D eigenvalue weighted by Gasteiger charge is -2.10. The lowest BCUT2D eigenvalue weighted by molar-refractivity contribution is -0.114. The van der Waals surface area contributed by atoms with Crippen LogP contribution in [0.1, 0.15) is 19.8 Å². The molecule has 1 aromatic heterocycles. The molecule has 8 heteroatoms. The number of aromatic nitrogens is 3. The summed E-state index contributed by atoms with van der Waals surface area (Å²) in [5.41, 5.74) is 1.65. The molecule has 1 fully saturated rings. The van der Waals surface area contributed by atoms with Crippen molar-refractivity contribution in [3.05, 3.63) is 30.6 Å². The molecule has 7 nitrogen and oxygen atoms in total. The molecule has 134 valence electrons. The highest BCUT2D eigenvalue weighted by atomic mass is 32.2. The van der Waals surface area contributed by atoms with E-state index >= 15 is 0 Å². The summed E-state index contributed by atoms with van der Waals surface area (Å²) in [6.07, 6.45) is 4.14. The zero-order valence-electron chi connectivity index (χ0n) is 14.2. The number of hydrogen-bond acceptors (Lipinski definition) is 6. The minimum Gasteiger partial charge on any atom is -0.378 e. The number of benzene rings is 1. The Hall–Kier alpha value is -1.90. The summed E-state index contributed by atoms with van der Waals surface area (Å²) in [5.74, 6) is 0.690. The Morgan fingerprint density at radius 2 is 2.44 bits per heavy atom. The molecule has 1 amide bonds. The predicted octanol–water partition coefficient (Wildman–Crippen LogP) is 2.51. The third-order valence-corrected chi connectivity index (χ3v) is 4.66. The molecule has 0 bridgehead atoms. The van der Waals surface area contributed by atoms with Gasteiger partial charge >= 0.3 is 0 Å². The molecule has 0 spiro atoms. The quantitative estimate of drug-likeness (QED) is 0.574. The summed E-state index contributed by atoms with van der Waals surface area (Å²) in [4.78, 5) is 11.2. The van der Waals surface area contributed by atoms with E-state index in [1.165, 1.54) is 6.92 Å². The first-order valence-electron chi connectivity index (χ1n) is 8.32. The Labute approximate surface area is 151 Å². The van der Waals surface area contributed by atoms with Crippen LogP contribution in [0.3, 0.4) is 0 Å². The topological polar surface area (TPSA) is 78.3 Å². The van der Waals surface area contributed by atoms with Crippen LogP contribution >= 0.6 is 11.8 Å². The van der Waals surface area contributed by atoms with E-state index in [0.29, 0.717) is 13.2 Å². The second-order valence-corrected chi connectivity index (χ2v) is 6.84. The van der Waals surface area contributed by atoms with Crippen LogP contribution in [-0.4, -0.2) is 52.3 Å². The van der Waals surface area contributed by atoms with Crippen molar-refractivity contribution in [1.82, 2.24) is 14.8 Å². The first-order chi connectivity index (χ1) is 12.2. The van der Waals surface area contributed by atoms with Gasteiger partial charge in [-0.1, -0.05) is 17.8 Å². The first-order valence-corrected chi connectivity index (χ1v) is 9.31. The molecule has 1 atom stereocenters. The van der Waals surface area contributed by atoms with Crippen LogP contribution in [0.4, 0.5) is 5.69 Å². The molecule has 3 rings (SSSR count). The maximum absolute atomic E-state index is 11.2. The number of hydrogen-bond donors (Lipinski definition) is 1. The van der Waals surface area contributed by atoms with Gasteiger partial charge in [0.1, 0.15) is 6.33 Å². The Balaban J connectivity index is 1.52. The minimum atomic E-state index is -0.0982. The molecule has 0 aliphatic carbocycles. The maximum atomic E-state index is 11.2. The summed E-state index contributed by atoms with van der Waals surface area (Å²) >= 11 is 1.59. The average Bonchev–Trinajstić information content (AvgIpc) is 3.25. The SMILES string of the molecule is CC(=O)Nc1cccc(-n2cnnc2SCCOCC2CCCO2)c1. The van der Waals surface area contributed by atoms with Crippen LogP contribution < -0.4 is 5.32 Å². The highest BCUT2D eigenvalue weighted by Crippen LogP contribution is 2.21. The van der Waals surface area contributed by atoms with E-state index in [1.807, 2.05) is 28.8 Å². The van der Waals surface area contributed by atoms with Crippen LogP contribution in [0.2, 0.25) is 0 Å². The third kappa shape index (κ3) is 5.29. The van der Waals surface area contributed by atoms with Gasteiger partial charge in [-0.3, -0.25) is 9.36 Å². The Bertz CT molecular complexity index is 701. The average molecular weight is 362 g/mol. The van der Waals surface area contributed by atoms with Crippen LogP contribution in [0.15, 0.2) is 35.7 Å². The molecule has 1 saturated heterocycles. The van der Waals surface area contributed by atoms with Gasteiger partial charge in [0.15, 0.2) is 5.16 Å². The normalized spacial score (nSPS) is 16.9. The van der Waals surface area contributed by atoms with E-state index < -0.39 is 0 Å². The van der Waals surface area contributed by atoms with E-state index in [0.717, 1.165) is 41.7 Å². The third-order valence-electron chi connectivity index (χ3n) is 3.75. The molecule has 2 aromatic rings. The smallest absolute Gasteiger partial charge is 0.221 e. The molecule has 0 radical (unpaired) electrons. The van der Waals surface area contributed by atoms with Crippen molar-refractivity contribution in [2.45, 2.75) is 31.0 Å². The molecule has 1 N–H and O–H groups in total. The van der Waals surface area contributed by atoms with E-state index in [4.69, 9.17) is 9.47 Å². The molecular weight excluding hydrogens is 340 g/mol. The largest absolute Gasteiger partial charge is 0.378 e. The molecule has 1 aromatic carbocycles. The van der Waals surface area contributed by atoms with Gasteiger partial charge in [0.05, 0.1) is 25.0 Å². The van der Waals surface area contributed by atoms with Crippen LogP contribution in [0.5, 0.6) is 0 Å². The van der Waals surface area contributed by atoms with Gasteiger partial charge in [-0.25, -0.2) is 0 Å². The Morgan fingerprint density at radius 3 is 3.24 bits per heavy atom. The number of rotatable bonds is 8. The van der Waals surface area contributed by atoms with Gasteiger partial charge in [0.2, 0.25) is 5.91 Å². The van der Waals surface area contributed by atoms with Crippen molar-refractivity contribution in [2.75, 3.05) is 30.9 Å². The monoisotopic (exact) mass is 362 g/mol. The molecule has 1 aliphatic rings. The molecule has 1 unspecified atom stereocenters. The van der Waals surface area contributed by atoms with Crippen LogP contribution in [-0.2, 0) is 14.3 Å². The van der Waals surface area contributed by atoms with Crippen molar-refractivity contribution in [3.63, 3.8) is 0 Å². The van der Waals surface area contributed by atoms with Gasteiger partial charge in [0, 0.05) is 25.0 Å². The lowest BCUT2D eigenvalue weighted by Crippen LogP contribution is -2.15. The molecule has 1 aliphatic heterocycles. The number of thioether (sulfide) groups is 1. The van der Waals surface area contributed by atoms with E-state index in [9.17, 15) is 4.79 Å². The molecular formula is C17H22N4O3S. The molecule has 0 saturated carbocycles. The van der Waals surface area contributed by atoms with Crippen molar-refractivity contribution in [3.8, 4) is 5.69 Å². The summed E-state index contributed by atoms with van der Waals surface area (Å²) in [6, 6.07) is 7.58. The summed E-state index contributed by atoms with van der Waals surface area (Å²) in [7, 11) is 0. The van der Waals surface area contributed by atoms with Crippen molar-refractivity contribution in [1.29, 1.82) is 0 Å².